The van der Waals surface area contributed by atoms with Crippen LogP contribution in [0.2, 0.25) is 5.02 Å². The Kier molecular flexibility index (Phi) is 4.15. The van der Waals surface area contributed by atoms with E-state index in [1.165, 1.54) is 11.3 Å². The minimum atomic E-state index is -0.240. The molecule has 0 radical (unpaired) electrons. The molecule has 0 aliphatic rings. The Balaban J connectivity index is 1.85. The van der Waals surface area contributed by atoms with E-state index < -0.39 is 0 Å². The number of nitrogens with zero attached hydrogens (tertiary/aromatic N) is 2. The van der Waals surface area contributed by atoms with Gasteiger partial charge in [-0.25, -0.2) is 0 Å². The van der Waals surface area contributed by atoms with Crippen LogP contribution in [0.1, 0.15) is 17.3 Å². The molecule has 0 aliphatic heterocycles. The van der Waals surface area contributed by atoms with Gasteiger partial charge >= 0.3 is 0 Å². The Bertz CT molecular complexity index is 1170. The molecule has 124 valence electrons. The molecule has 3 aromatic carbocycles. The predicted octanol–water partition coefficient (Wildman–Crippen LogP) is 5.27. The Morgan fingerprint density at radius 3 is 2.68 bits per heavy atom. The summed E-state index contributed by atoms with van der Waals surface area (Å²) in [6.07, 6.45) is 0. The van der Waals surface area contributed by atoms with Crippen LogP contribution < -0.4 is 4.80 Å². The van der Waals surface area contributed by atoms with Crippen molar-refractivity contribution in [2.45, 2.75) is 13.5 Å². The summed E-state index contributed by atoms with van der Waals surface area (Å²) in [5.74, 6) is -0.240. The second kappa shape index (κ2) is 6.47. The summed E-state index contributed by atoms with van der Waals surface area (Å²) >= 11 is 7.81. The quantitative estimate of drug-likeness (QED) is 0.475. The second-order valence-electron chi connectivity index (χ2n) is 5.69. The van der Waals surface area contributed by atoms with Gasteiger partial charge in [0, 0.05) is 12.1 Å². The molecule has 5 heteroatoms. The molecule has 1 amide bonds. The minimum Gasteiger partial charge on any atom is -0.315 e. The maximum atomic E-state index is 12.7. The highest BCUT2D eigenvalue weighted by Crippen LogP contribution is 2.25. The van der Waals surface area contributed by atoms with E-state index in [1.807, 2.05) is 72.2 Å². The first kappa shape index (κ1) is 16.1. The van der Waals surface area contributed by atoms with E-state index in [-0.39, 0.29) is 5.91 Å². The normalized spacial score (nSPS) is 12.2. The number of carbonyl (C=O) groups is 1. The molecule has 0 fully saturated rings. The van der Waals surface area contributed by atoms with Crippen LogP contribution in [0.25, 0.3) is 21.0 Å². The van der Waals surface area contributed by atoms with Crippen LogP contribution in [0.15, 0.2) is 65.7 Å². The maximum absolute atomic E-state index is 12.7. The molecule has 4 aromatic rings. The van der Waals surface area contributed by atoms with Crippen molar-refractivity contribution >= 4 is 49.8 Å². The van der Waals surface area contributed by atoms with Crippen molar-refractivity contribution in [3.05, 3.63) is 76.1 Å². The van der Waals surface area contributed by atoms with E-state index in [0.29, 0.717) is 21.9 Å². The van der Waals surface area contributed by atoms with Gasteiger partial charge in [-0.15, -0.1) is 0 Å². The van der Waals surface area contributed by atoms with Crippen LogP contribution in [0, 0.1) is 0 Å². The van der Waals surface area contributed by atoms with Crippen molar-refractivity contribution in [2.24, 2.45) is 4.99 Å². The molecule has 0 atom stereocenters. The lowest BCUT2D eigenvalue weighted by Gasteiger charge is -2.02. The van der Waals surface area contributed by atoms with E-state index in [1.54, 1.807) is 0 Å². The van der Waals surface area contributed by atoms with Gasteiger partial charge in [0.2, 0.25) is 0 Å². The molecule has 0 saturated heterocycles. The van der Waals surface area contributed by atoms with E-state index in [0.717, 1.165) is 21.0 Å². The number of benzene rings is 3. The van der Waals surface area contributed by atoms with Gasteiger partial charge in [0.25, 0.3) is 5.91 Å². The third kappa shape index (κ3) is 2.88. The highest BCUT2D eigenvalue weighted by atomic mass is 35.5. The number of hydrogen-bond donors (Lipinski definition) is 0. The zero-order valence-corrected chi connectivity index (χ0v) is 15.1. The smallest absolute Gasteiger partial charge is 0.279 e. The standard InChI is InChI=1S/C20H15ClN2OS/c1-2-23-18-16(21)8-5-9-17(18)25-20(23)22-19(24)15-11-10-13-6-3-4-7-14(13)12-15/h3-12H,2H2,1H3. The fourth-order valence-electron chi connectivity index (χ4n) is 2.94. The molecule has 3 nitrogen and oxygen atoms in total. The van der Waals surface area contributed by atoms with Crippen molar-refractivity contribution in [2.75, 3.05) is 0 Å². The topological polar surface area (TPSA) is 34.4 Å². The van der Waals surface area contributed by atoms with E-state index in [4.69, 9.17) is 11.6 Å². The number of fused-ring (bicyclic) bond motifs is 2. The Hall–Kier alpha value is -2.43. The van der Waals surface area contributed by atoms with Gasteiger partial charge in [-0.05, 0) is 42.0 Å². The third-order valence-corrected chi connectivity index (χ3v) is 5.51. The number of thiazole rings is 1. The fraction of sp³-hybridized carbons (Fsp3) is 0.100. The summed E-state index contributed by atoms with van der Waals surface area (Å²) < 4.78 is 3.01. The average Bonchev–Trinajstić information content (AvgIpc) is 2.99. The van der Waals surface area contributed by atoms with Crippen molar-refractivity contribution in [3.63, 3.8) is 0 Å². The predicted molar refractivity (Wildman–Crippen MR) is 104 cm³/mol. The van der Waals surface area contributed by atoms with Crippen LogP contribution in [0.4, 0.5) is 0 Å². The van der Waals surface area contributed by atoms with Crippen molar-refractivity contribution < 1.29 is 4.79 Å². The molecular weight excluding hydrogens is 352 g/mol. The van der Waals surface area contributed by atoms with Gasteiger partial charge in [-0.1, -0.05) is 59.3 Å². The molecule has 0 bridgehead atoms. The van der Waals surface area contributed by atoms with Gasteiger partial charge < -0.3 is 4.57 Å². The maximum Gasteiger partial charge on any atom is 0.279 e. The molecule has 0 N–H and O–H groups in total. The van der Waals surface area contributed by atoms with Crippen LogP contribution in [-0.4, -0.2) is 10.5 Å². The van der Waals surface area contributed by atoms with Gasteiger partial charge in [0.1, 0.15) is 0 Å². The summed E-state index contributed by atoms with van der Waals surface area (Å²) in [6.45, 7) is 2.72. The van der Waals surface area contributed by atoms with Crippen LogP contribution >= 0.6 is 22.9 Å². The lowest BCUT2D eigenvalue weighted by atomic mass is 10.1. The first-order valence-corrected chi connectivity index (χ1v) is 9.22. The molecule has 0 saturated carbocycles. The number of carbonyl (C=O) groups excluding carboxylic acids is 1. The van der Waals surface area contributed by atoms with Crippen molar-refractivity contribution in [1.29, 1.82) is 0 Å². The summed E-state index contributed by atoms with van der Waals surface area (Å²) in [5, 5.41) is 2.82. The Morgan fingerprint density at radius 2 is 1.88 bits per heavy atom. The largest absolute Gasteiger partial charge is 0.315 e. The van der Waals surface area contributed by atoms with E-state index >= 15 is 0 Å². The van der Waals surface area contributed by atoms with Crippen molar-refractivity contribution in [1.82, 2.24) is 4.57 Å². The Labute approximate surface area is 153 Å². The second-order valence-corrected chi connectivity index (χ2v) is 7.11. The van der Waals surface area contributed by atoms with Gasteiger partial charge in [0.15, 0.2) is 4.80 Å². The zero-order valence-electron chi connectivity index (χ0n) is 13.6. The van der Waals surface area contributed by atoms with Crippen LogP contribution in [0.3, 0.4) is 0 Å². The Morgan fingerprint density at radius 1 is 1.08 bits per heavy atom. The molecule has 0 unspecified atom stereocenters. The molecular formula is C20H15ClN2OS. The van der Waals surface area contributed by atoms with Gasteiger partial charge in [0.05, 0.1) is 15.2 Å². The molecule has 0 aliphatic carbocycles. The summed E-state index contributed by atoms with van der Waals surface area (Å²) in [5.41, 5.74) is 1.52. The summed E-state index contributed by atoms with van der Waals surface area (Å²) in [4.78, 5) is 17.7. The third-order valence-electron chi connectivity index (χ3n) is 4.16. The lowest BCUT2D eigenvalue weighted by Crippen LogP contribution is -2.16. The first-order valence-electron chi connectivity index (χ1n) is 8.03. The number of rotatable bonds is 2. The summed E-state index contributed by atoms with van der Waals surface area (Å²) in [7, 11) is 0. The van der Waals surface area contributed by atoms with Gasteiger partial charge in [-0.3, -0.25) is 4.79 Å². The van der Waals surface area contributed by atoms with Crippen molar-refractivity contribution in [3.8, 4) is 0 Å². The number of aryl methyl sites for hydroxylation is 1. The lowest BCUT2D eigenvalue weighted by molar-refractivity contribution is 0.0998. The highest BCUT2D eigenvalue weighted by molar-refractivity contribution is 7.16. The number of amides is 1. The van der Waals surface area contributed by atoms with Crippen LogP contribution in [-0.2, 0) is 6.54 Å². The first-order chi connectivity index (χ1) is 12.2. The molecule has 0 spiro atoms. The van der Waals surface area contributed by atoms with Gasteiger partial charge in [-0.2, -0.15) is 4.99 Å². The molecule has 4 rings (SSSR count). The molecule has 1 heterocycles. The average molecular weight is 367 g/mol. The summed E-state index contributed by atoms with van der Waals surface area (Å²) in [6, 6.07) is 19.4. The highest BCUT2D eigenvalue weighted by Gasteiger charge is 2.11. The van der Waals surface area contributed by atoms with E-state index in [9.17, 15) is 4.79 Å². The number of para-hydroxylation sites is 1. The zero-order chi connectivity index (χ0) is 17.4. The molecule has 25 heavy (non-hydrogen) atoms. The molecule has 1 aromatic heterocycles. The minimum absolute atomic E-state index is 0.240. The number of aromatic nitrogens is 1. The number of halogens is 1. The monoisotopic (exact) mass is 366 g/mol. The van der Waals surface area contributed by atoms with E-state index in [2.05, 4.69) is 4.99 Å². The number of hydrogen-bond acceptors (Lipinski definition) is 2. The SMILES string of the molecule is CCn1c(=NC(=O)c2ccc3ccccc3c2)sc2cccc(Cl)c21. The van der Waals surface area contributed by atoms with Crippen LogP contribution in [0.5, 0.6) is 0 Å². The fourth-order valence-corrected chi connectivity index (χ4v) is 4.39.